The van der Waals surface area contributed by atoms with Crippen molar-refractivity contribution in [1.29, 1.82) is 0 Å². The van der Waals surface area contributed by atoms with Crippen LogP contribution in [0.15, 0.2) is 23.1 Å². The van der Waals surface area contributed by atoms with Crippen molar-refractivity contribution < 1.29 is 14.6 Å². The molecule has 26 heavy (non-hydrogen) atoms. The fourth-order valence-electron chi connectivity index (χ4n) is 3.86. The Morgan fingerprint density at radius 2 is 1.92 bits per heavy atom. The Hall–Kier alpha value is -1.70. The summed E-state index contributed by atoms with van der Waals surface area (Å²) in [6.45, 7) is 8.70. The summed E-state index contributed by atoms with van der Waals surface area (Å²) in [7, 11) is 1.64. The van der Waals surface area contributed by atoms with Crippen LogP contribution in [0.2, 0.25) is 0 Å². The number of amides is 1. The molecular formula is C19H29N3O4. The number of hydrogen-bond acceptors (Lipinski definition) is 5. The van der Waals surface area contributed by atoms with Gasteiger partial charge in [0.2, 0.25) is 5.56 Å². The highest BCUT2D eigenvalue weighted by molar-refractivity contribution is 5.94. The van der Waals surface area contributed by atoms with Gasteiger partial charge in [-0.05, 0) is 12.5 Å². The molecule has 1 atom stereocenters. The number of aromatic nitrogens is 1. The molecule has 0 bridgehead atoms. The molecule has 0 saturated carbocycles. The second kappa shape index (κ2) is 7.13. The number of hydrogen-bond donors (Lipinski definition) is 1. The van der Waals surface area contributed by atoms with E-state index < -0.39 is 11.0 Å². The monoisotopic (exact) mass is 363 g/mol. The van der Waals surface area contributed by atoms with Crippen molar-refractivity contribution in [3.05, 3.63) is 34.2 Å². The Labute approximate surface area is 154 Å². The summed E-state index contributed by atoms with van der Waals surface area (Å²) in [5, 5.41) is 11.3. The predicted molar refractivity (Wildman–Crippen MR) is 98.2 cm³/mol. The average molecular weight is 363 g/mol. The average Bonchev–Trinajstić information content (AvgIpc) is 2.60. The Balaban J connectivity index is 1.71. The number of likely N-dealkylation sites (tertiary alicyclic amines) is 1. The molecule has 3 heterocycles. The second-order valence-corrected chi connectivity index (χ2v) is 8.15. The molecule has 2 saturated heterocycles. The van der Waals surface area contributed by atoms with Gasteiger partial charge in [-0.1, -0.05) is 13.8 Å². The van der Waals surface area contributed by atoms with Crippen molar-refractivity contribution in [2.75, 3.05) is 45.9 Å². The quantitative estimate of drug-likeness (QED) is 0.837. The first kappa shape index (κ1) is 19.1. The van der Waals surface area contributed by atoms with Gasteiger partial charge in [0.15, 0.2) is 0 Å². The summed E-state index contributed by atoms with van der Waals surface area (Å²) in [6, 6.07) is 2.99. The molecule has 7 heteroatoms. The van der Waals surface area contributed by atoms with E-state index in [0.29, 0.717) is 44.8 Å². The zero-order valence-electron chi connectivity index (χ0n) is 15.9. The van der Waals surface area contributed by atoms with Crippen molar-refractivity contribution >= 4 is 5.91 Å². The number of rotatable bonds is 3. The molecule has 2 fully saturated rings. The van der Waals surface area contributed by atoms with E-state index in [9.17, 15) is 14.7 Å². The summed E-state index contributed by atoms with van der Waals surface area (Å²) in [4.78, 5) is 28.4. The van der Waals surface area contributed by atoms with Crippen LogP contribution in [0.1, 0.15) is 30.6 Å². The van der Waals surface area contributed by atoms with Crippen LogP contribution in [0, 0.1) is 5.41 Å². The van der Waals surface area contributed by atoms with E-state index in [4.69, 9.17) is 4.74 Å². The lowest BCUT2D eigenvalue weighted by atomic mass is 9.69. The number of aryl methyl sites for hydroxylation is 1. The van der Waals surface area contributed by atoms with Gasteiger partial charge in [-0.2, -0.15) is 0 Å². The van der Waals surface area contributed by atoms with Gasteiger partial charge in [-0.15, -0.1) is 0 Å². The van der Waals surface area contributed by atoms with E-state index in [-0.39, 0.29) is 11.5 Å². The SMILES string of the molecule is Cn1cc(C(=O)N2CC[C@](O)(CN3CCOCC3)C(C)(C)C2)ccc1=O. The minimum absolute atomic E-state index is 0.0953. The van der Waals surface area contributed by atoms with Gasteiger partial charge in [-0.25, -0.2) is 0 Å². The van der Waals surface area contributed by atoms with Crippen LogP contribution in [-0.2, 0) is 11.8 Å². The lowest BCUT2D eigenvalue weighted by Crippen LogP contribution is -2.63. The number of carbonyl (C=O) groups is 1. The molecule has 1 aromatic rings. The Morgan fingerprint density at radius 1 is 1.23 bits per heavy atom. The first-order valence-corrected chi connectivity index (χ1v) is 9.20. The van der Waals surface area contributed by atoms with E-state index in [1.54, 1.807) is 24.2 Å². The maximum absolute atomic E-state index is 12.9. The normalized spacial score (nSPS) is 26.7. The van der Waals surface area contributed by atoms with Gasteiger partial charge in [0, 0.05) is 57.4 Å². The molecule has 1 N–H and O–H groups in total. The number of nitrogens with zero attached hydrogens (tertiary/aromatic N) is 3. The number of aliphatic hydroxyl groups is 1. The maximum atomic E-state index is 12.9. The number of pyridine rings is 1. The fourth-order valence-corrected chi connectivity index (χ4v) is 3.86. The Morgan fingerprint density at radius 3 is 2.54 bits per heavy atom. The van der Waals surface area contributed by atoms with E-state index >= 15 is 0 Å². The maximum Gasteiger partial charge on any atom is 0.255 e. The molecule has 3 rings (SSSR count). The Bertz CT molecular complexity index is 724. The zero-order chi connectivity index (χ0) is 18.9. The molecule has 0 radical (unpaired) electrons. The third-order valence-corrected chi connectivity index (χ3v) is 5.85. The first-order valence-electron chi connectivity index (χ1n) is 9.20. The van der Waals surface area contributed by atoms with Gasteiger partial charge in [0.05, 0.1) is 24.4 Å². The number of β-amino-alcohol motifs (C(OH)–C–C–N with tert-alkyl or cyclic N) is 1. The van der Waals surface area contributed by atoms with E-state index in [0.717, 1.165) is 13.1 Å². The third-order valence-electron chi connectivity index (χ3n) is 5.85. The minimum Gasteiger partial charge on any atom is -0.388 e. The highest BCUT2D eigenvalue weighted by atomic mass is 16.5. The van der Waals surface area contributed by atoms with Crippen LogP contribution in [-0.4, -0.2) is 76.9 Å². The van der Waals surface area contributed by atoms with E-state index in [1.807, 2.05) is 13.8 Å². The van der Waals surface area contributed by atoms with Crippen LogP contribution < -0.4 is 5.56 Å². The molecule has 144 valence electrons. The standard InChI is InChI=1S/C19H29N3O4/c1-18(2)13-22(17(24)15-4-5-16(23)20(3)12-15)7-6-19(18,25)14-21-8-10-26-11-9-21/h4-5,12,25H,6-11,13-14H2,1-3H3/t19-/m0/s1. The molecule has 0 aromatic carbocycles. The van der Waals surface area contributed by atoms with Gasteiger partial charge in [-0.3, -0.25) is 14.5 Å². The van der Waals surface area contributed by atoms with E-state index in [2.05, 4.69) is 4.90 Å². The third kappa shape index (κ3) is 3.70. The second-order valence-electron chi connectivity index (χ2n) is 8.15. The smallest absolute Gasteiger partial charge is 0.255 e. The van der Waals surface area contributed by atoms with Crippen molar-refractivity contribution in [2.24, 2.45) is 12.5 Å². The number of piperidine rings is 1. The fraction of sp³-hybridized carbons (Fsp3) is 0.684. The summed E-state index contributed by atoms with van der Waals surface area (Å²) in [5.74, 6) is -0.0953. The van der Waals surface area contributed by atoms with Gasteiger partial charge < -0.3 is 19.3 Å². The van der Waals surface area contributed by atoms with Crippen LogP contribution in [0.3, 0.4) is 0 Å². The van der Waals surface area contributed by atoms with Crippen molar-refractivity contribution in [3.63, 3.8) is 0 Å². The van der Waals surface area contributed by atoms with E-state index in [1.165, 1.54) is 10.6 Å². The molecule has 1 amide bonds. The number of morpholine rings is 1. The van der Waals surface area contributed by atoms with Crippen LogP contribution in [0.25, 0.3) is 0 Å². The summed E-state index contributed by atoms with van der Waals surface area (Å²) < 4.78 is 6.80. The molecule has 2 aliphatic rings. The lowest BCUT2D eigenvalue weighted by Gasteiger charge is -2.52. The molecular weight excluding hydrogens is 334 g/mol. The van der Waals surface area contributed by atoms with Crippen LogP contribution >= 0.6 is 0 Å². The van der Waals surface area contributed by atoms with Crippen LogP contribution in [0.4, 0.5) is 0 Å². The van der Waals surface area contributed by atoms with Gasteiger partial charge in [0.25, 0.3) is 5.91 Å². The first-order chi connectivity index (χ1) is 12.2. The molecule has 1 aromatic heterocycles. The molecule has 0 spiro atoms. The summed E-state index contributed by atoms with van der Waals surface area (Å²) in [6.07, 6.45) is 2.11. The van der Waals surface area contributed by atoms with Crippen molar-refractivity contribution in [2.45, 2.75) is 25.9 Å². The topological polar surface area (TPSA) is 75.0 Å². The number of ether oxygens (including phenoxy) is 1. The summed E-state index contributed by atoms with van der Waals surface area (Å²) >= 11 is 0. The van der Waals surface area contributed by atoms with Crippen molar-refractivity contribution in [3.8, 4) is 0 Å². The predicted octanol–water partition coefficient (Wildman–Crippen LogP) is 0.321. The van der Waals surface area contributed by atoms with Crippen molar-refractivity contribution in [1.82, 2.24) is 14.4 Å². The lowest BCUT2D eigenvalue weighted by molar-refractivity contribution is -0.133. The molecule has 7 nitrogen and oxygen atoms in total. The molecule has 0 aliphatic carbocycles. The highest BCUT2D eigenvalue weighted by Gasteiger charge is 2.49. The molecule has 2 aliphatic heterocycles. The zero-order valence-corrected chi connectivity index (χ0v) is 15.9. The summed E-state index contributed by atoms with van der Waals surface area (Å²) in [5.41, 5.74) is -0.910. The largest absolute Gasteiger partial charge is 0.388 e. The molecule has 0 unspecified atom stereocenters. The van der Waals surface area contributed by atoms with Gasteiger partial charge in [0.1, 0.15) is 0 Å². The highest BCUT2D eigenvalue weighted by Crippen LogP contribution is 2.39. The van der Waals surface area contributed by atoms with Gasteiger partial charge >= 0.3 is 0 Å². The number of carbonyl (C=O) groups excluding carboxylic acids is 1. The van der Waals surface area contributed by atoms with Crippen LogP contribution in [0.5, 0.6) is 0 Å². The Kier molecular flexibility index (Phi) is 5.23. The minimum atomic E-state index is -0.843.